The molecule has 1 heterocycles. The standard InChI is InChI=1S/C17H23NO2/c1-5-11-20-17(6-2,14(4)19)18-13(3)12-15-9-7-8-10-16(15)18/h5-10,13-14,19H,1-2,11-12H2,3-4H3. The molecule has 3 nitrogen and oxygen atoms in total. The van der Waals surface area contributed by atoms with Gasteiger partial charge in [-0.05, 0) is 38.0 Å². The molecular weight excluding hydrogens is 250 g/mol. The molecule has 3 unspecified atom stereocenters. The van der Waals surface area contributed by atoms with Crippen molar-refractivity contribution in [1.82, 2.24) is 0 Å². The molecule has 0 radical (unpaired) electrons. The number of benzene rings is 1. The summed E-state index contributed by atoms with van der Waals surface area (Å²) < 4.78 is 5.94. The van der Waals surface area contributed by atoms with Crippen LogP contribution in [-0.4, -0.2) is 29.6 Å². The van der Waals surface area contributed by atoms with Gasteiger partial charge in [0.1, 0.15) is 6.10 Å². The Labute approximate surface area is 121 Å². The molecule has 0 saturated carbocycles. The Bertz CT molecular complexity index is 498. The summed E-state index contributed by atoms with van der Waals surface area (Å²) in [5, 5.41) is 10.3. The normalized spacial score (nSPS) is 21.9. The molecule has 0 aliphatic carbocycles. The molecular formula is C17H23NO2. The van der Waals surface area contributed by atoms with Gasteiger partial charge in [-0.2, -0.15) is 0 Å². The molecule has 1 aliphatic rings. The van der Waals surface area contributed by atoms with Crippen LogP contribution in [0.4, 0.5) is 5.69 Å². The van der Waals surface area contributed by atoms with E-state index in [1.54, 1.807) is 19.1 Å². The molecule has 3 heteroatoms. The predicted molar refractivity (Wildman–Crippen MR) is 82.8 cm³/mol. The van der Waals surface area contributed by atoms with Crippen LogP contribution < -0.4 is 4.90 Å². The lowest BCUT2D eigenvalue weighted by molar-refractivity contribution is -0.0785. The van der Waals surface area contributed by atoms with Crippen molar-refractivity contribution in [1.29, 1.82) is 0 Å². The lowest BCUT2D eigenvalue weighted by Gasteiger charge is -2.45. The molecule has 0 fully saturated rings. The zero-order valence-corrected chi connectivity index (χ0v) is 12.2. The second-order valence-corrected chi connectivity index (χ2v) is 5.28. The summed E-state index contributed by atoms with van der Waals surface area (Å²) in [6.07, 6.45) is 3.62. The molecule has 1 aromatic rings. The number of nitrogens with zero attached hydrogens (tertiary/aromatic N) is 1. The Morgan fingerprint density at radius 1 is 1.50 bits per heavy atom. The minimum atomic E-state index is -0.930. The topological polar surface area (TPSA) is 32.7 Å². The van der Waals surface area contributed by atoms with Gasteiger partial charge in [0.05, 0.1) is 6.61 Å². The van der Waals surface area contributed by atoms with Gasteiger partial charge in [0.25, 0.3) is 0 Å². The number of fused-ring (bicyclic) bond motifs is 1. The minimum absolute atomic E-state index is 0.241. The molecule has 0 bridgehead atoms. The number of rotatable bonds is 6. The number of aliphatic hydroxyl groups excluding tert-OH is 1. The first-order valence-electron chi connectivity index (χ1n) is 7.00. The van der Waals surface area contributed by atoms with Crippen LogP contribution in [0.3, 0.4) is 0 Å². The van der Waals surface area contributed by atoms with E-state index in [9.17, 15) is 5.11 Å². The van der Waals surface area contributed by atoms with Gasteiger partial charge in [-0.25, -0.2) is 0 Å². The summed E-state index contributed by atoms with van der Waals surface area (Å²) in [5.41, 5.74) is 1.44. The van der Waals surface area contributed by atoms with Crippen molar-refractivity contribution in [3.05, 3.63) is 55.1 Å². The van der Waals surface area contributed by atoms with E-state index >= 15 is 0 Å². The Balaban J connectivity index is 2.48. The van der Waals surface area contributed by atoms with Crippen molar-refractivity contribution in [3.63, 3.8) is 0 Å². The van der Waals surface area contributed by atoms with Crippen molar-refractivity contribution in [3.8, 4) is 0 Å². The summed E-state index contributed by atoms with van der Waals surface area (Å²) in [4.78, 5) is 2.13. The van der Waals surface area contributed by atoms with Crippen LogP contribution in [-0.2, 0) is 11.2 Å². The molecule has 1 aromatic carbocycles. The zero-order chi connectivity index (χ0) is 14.8. The number of hydrogen-bond acceptors (Lipinski definition) is 3. The van der Waals surface area contributed by atoms with E-state index in [4.69, 9.17) is 4.74 Å². The zero-order valence-electron chi connectivity index (χ0n) is 12.2. The average Bonchev–Trinajstić information content (AvgIpc) is 2.77. The highest BCUT2D eigenvalue weighted by Gasteiger charge is 2.45. The fourth-order valence-corrected chi connectivity index (χ4v) is 3.01. The summed E-state index contributed by atoms with van der Waals surface area (Å²) in [6, 6.07) is 8.47. The SMILES string of the molecule is C=CCOC(C=C)(C(C)O)N1c2ccccc2CC1C. The van der Waals surface area contributed by atoms with E-state index in [0.29, 0.717) is 6.61 Å². The molecule has 3 atom stereocenters. The number of anilines is 1. The Morgan fingerprint density at radius 3 is 2.80 bits per heavy atom. The lowest BCUT2D eigenvalue weighted by Crippen LogP contribution is -2.58. The van der Waals surface area contributed by atoms with Crippen LogP contribution in [0.5, 0.6) is 0 Å². The van der Waals surface area contributed by atoms with Crippen molar-refractivity contribution in [2.45, 2.75) is 38.1 Å². The molecule has 0 aromatic heterocycles. The Morgan fingerprint density at radius 2 is 2.20 bits per heavy atom. The van der Waals surface area contributed by atoms with Gasteiger partial charge in [-0.15, -0.1) is 6.58 Å². The van der Waals surface area contributed by atoms with Gasteiger partial charge >= 0.3 is 0 Å². The van der Waals surface area contributed by atoms with E-state index in [0.717, 1.165) is 12.1 Å². The minimum Gasteiger partial charge on any atom is -0.388 e. The Kier molecular flexibility index (Phi) is 4.31. The quantitative estimate of drug-likeness (QED) is 0.809. The van der Waals surface area contributed by atoms with Gasteiger partial charge in [-0.3, -0.25) is 0 Å². The van der Waals surface area contributed by atoms with Crippen LogP contribution in [0.25, 0.3) is 0 Å². The van der Waals surface area contributed by atoms with Crippen LogP contribution in [0.15, 0.2) is 49.6 Å². The van der Waals surface area contributed by atoms with Crippen LogP contribution in [0.2, 0.25) is 0 Å². The molecule has 0 spiro atoms. The van der Waals surface area contributed by atoms with E-state index in [-0.39, 0.29) is 6.04 Å². The van der Waals surface area contributed by atoms with Gasteiger partial charge < -0.3 is 14.7 Å². The first-order chi connectivity index (χ1) is 9.56. The second kappa shape index (κ2) is 5.81. The van der Waals surface area contributed by atoms with Gasteiger partial charge in [0.2, 0.25) is 0 Å². The van der Waals surface area contributed by atoms with Crippen LogP contribution in [0, 0.1) is 0 Å². The summed E-state index contributed by atoms with van der Waals surface area (Å²) in [5.74, 6) is 0. The summed E-state index contributed by atoms with van der Waals surface area (Å²) >= 11 is 0. The average molecular weight is 273 g/mol. The van der Waals surface area contributed by atoms with Gasteiger partial charge in [0, 0.05) is 11.7 Å². The summed E-state index contributed by atoms with van der Waals surface area (Å²) in [6.45, 7) is 11.8. The number of para-hydroxylation sites is 1. The van der Waals surface area contributed by atoms with E-state index in [1.165, 1.54) is 5.56 Å². The second-order valence-electron chi connectivity index (χ2n) is 5.28. The monoisotopic (exact) mass is 273 g/mol. The highest BCUT2D eigenvalue weighted by Crippen LogP contribution is 2.40. The van der Waals surface area contributed by atoms with Crippen molar-refractivity contribution < 1.29 is 9.84 Å². The Hall–Kier alpha value is -1.58. The maximum atomic E-state index is 10.3. The fraction of sp³-hybridized carbons (Fsp3) is 0.412. The molecule has 0 amide bonds. The smallest absolute Gasteiger partial charge is 0.186 e. The third kappa shape index (κ3) is 2.28. The van der Waals surface area contributed by atoms with Crippen molar-refractivity contribution in [2.75, 3.05) is 11.5 Å². The van der Waals surface area contributed by atoms with E-state index < -0.39 is 11.8 Å². The largest absolute Gasteiger partial charge is 0.388 e. The first kappa shape index (κ1) is 14.8. The number of hydrogen-bond donors (Lipinski definition) is 1. The first-order valence-corrected chi connectivity index (χ1v) is 7.00. The van der Waals surface area contributed by atoms with Gasteiger partial charge in [-0.1, -0.05) is 30.9 Å². The number of ether oxygens (including phenoxy) is 1. The van der Waals surface area contributed by atoms with Crippen LogP contribution >= 0.6 is 0 Å². The molecule has 20 heavy (non-hydrogen) atoms. The molecule has 0 saturated heterocycles. The lowest BCUT2D eigenvalue weighted by atomic mass is 10.0. The maximum Gasteiger partial charge on any atom is 0.186 e. The predicted octanol–water partition coefficient (Wildman–Crippen LogP) is 2.90. The molecule has 1 N–H and O–H groups in total. The molecule has 1 aliphatic heterocycles. The maximum absolute atomic E-state index is 10.3. The third-order valence-corrected chi connectivity index (χ3v) is 3.91. The fourth-order valence-electron chi connectivity index (χ4n) is 3.01. The molecule has 2 rings (SSSR count). The van der Waals surface area contributed by atoms with E-state index in [1.807, 2.05) is 12.1 Å². The third-order valence-electron chi connectivity index (χ3n) is 3.91. The van der Waals surface area contributed by atoms with Crippen molar-refractivity contribution in [2.24, 2.45) is 0 Å². The van der Waals surface area contributed by atoms with Crippen molar-refractivity contribution >= 4 is 5.69 Å². The van der Waals surface area contributed by atoms with Gasteiger partial charge in [0.15, 0.2) is 5.72 Å². The number of aliphatic hydroxyl groups is 1. The molecule has 108 valence electrons. The highest BCUT2D eigenvalue weighted by molar-refractivity contribution is 5.62. The van der Waals surface area contributed by atoms with Crippen LogP contribution in [0.1, 0.15) is 19.4 Å². The highest BCUT2D eigenvalue weighted by atomic mass is 16.5. The van der Waals surface area contributed by atoms with E-state index in [2.05, 4.69) is 37.1 Å². The summed E-state index contributed by atoms with van der Waals surface area (Å²) in [7, 11) is 0.